The molecule has 0 aliphatic carbocycles. The lowest BCUT2D eigenvalue weighted by Crippen LogP contribution is -2.52. The van der Waals surface area contributed by atoms with Gasteiger partial charge >= 0.3 is 12.2 Å². The number of fused-ring (bicyclic) bond motifs is 1. The first-order chi connectivity index (χ1) is 16.2. The Kier molecular flexibility index (Phi) is 6.46. The number of nitrogens with one attached hydrogen (secondary N) is 2. The Balaban J connectivity index is 1.48. The number of alkyl halides is 4. The van der Waals surface area contributed by atoms with Crippen molar-refractivity contribution < 1.29 is 31.8 Å². The number of thioether (sulfide) groups is 1. The minimum atomic E-state index is -4.85. The molecule has 0 fully saturated rings. The van der Waals surface area contributed by atoms with E-state index in [1.54, 1.807) is 24.8 Å². The molecule has 1 aromatic carbocycles. The summed E-state index contributed by atoms with van der Waals surface area (Å²) < 4.78 is 61.6. The van der Waals surface area contributed by atoms with Crippen molar-refractivity contribution in [2.24, 2.45) is 0 Å². The van der Waals surface area contributed by atoms with E-state index in [1.807, 2.05) is 12.1 Å². The Morgan fingerprint density at radius 3 is 2.47 bits per heavy atom. The number of pyridine rings is 1. The fourth-order valence-corrected chi connectivity index (χ4v) is 3.34. The van der Waals surface area contributed by atoms with Crippen molar-refractivity contribution in [3.63, 3.8) is 0 Å². The number of hydrogen-bond donors (Lipinski definition) is 2. The van der Waals surface area contributed by atoms with Gasteiger partial charge in [0.1, 0.15) is 0 Å². The Hall–Kier alpha value is -3.61. The minimum Gasteiger partial charge on any atom is -0.421 e. The highest BCUT2D eigenvalue weighted by molar-refractivity contribution is 7.98. The summed E-state index contributed by atoms with van der Waals surface area (Å²) in [4.78, 5) is 25.2. The summed E-state index contributed by atoms with van der Waals surface area (Å²) in [5.41, 5.74) is 1.96. The van der Waals surface area contributed by atoms with Crippen molar-refractivity contribution in [3.8, 4) is 11.5 Å². The van der Waals surface area contributed by atoms with Crippen LogP contribution >= 0.6 is 11.8 Å². The number of anilines is 2. The van der Waals surface area contributed by atoms with Gasteiger partial charge in [0.2, 0.25) is 5.91 Å². The summed E-state index contributed by atoms with van der Waals surface area (Å²) in [5, 5.41) is 6.15. The molecule has 0 atom stereocenters. The number of nitrogens with zero attached hydrogens (tertiary/aromatic N) is 3. The fraction of sp³-hybridized carbons (Fsp3) is 0.238. The molecule has 8 nitrogen and oxygen atoms in total. The summed E-state index contributed by atoms with van der Waals surface area (Å²) in [6.45, 7) is 0.445. The second-order valence-electron chi connectivity index (χ2n) is 7.05. The van der Waals surface area contributed by atoms with E-state index in [1.165, 1.54) is 17.8 Å². The van der Waals surface area contributed by atoms with E-state index in [-0.39, 0.29) is 12.1 Å². The van der Waals surface area contributed by atoms with Gasteiger partial charge in [0, 0.05) is 30.7 Å². The van der Waals surface area contributed by atoms with Crippen molar-refractivity contribution in [1.29, 1.82) is 0 Å². The molecule has 1 aliphatic rings. The van der Waals surface area contributed by atoms with E-state index in [4.69, 9.17) is 0 Å². The van der Waals surface area contributed by atoms with Crippen LogP contribution in [-0.4, -0.2) is 39.3 Å². The molecule has 3 aromatic rings. The van der Waals surface area contributed by atoms with E-state index >= 15 is 0 Å². The molecule has 34 heavy (non-hydrogen) atoms. The van der Waals surface area contributed by atoms with Crippen LogP contribution in [0.1, 0.15) is 11.3 Å². The van der Waals surface area contributed by atoms with Crippen molar-refractivity contribution in [2.45, 2.75) is 30.3 Å². The number of carbonyl (C=O) groups excluding carboxylic acids is 1. The lowest BCUT2D eigenvalue weighted by atomic mass is 10.2. The molecule has 0 spiro atoms. The summed E-state index contributed by atoms with van der Waals surface area (Å²) in [6.07, 6.45) is -3.17. The standard InChI is InChI=1S/C21H17F4N5O3S/c1-34-19-28-11-15(27-10-12-4-6-26-7-5-12)14(30-19)9-18(31)29-13-2-3-16-17(8-13)33-21(24,25)20(22,23)32-16/h2-8,11,27H,9-10H2,1H3,(H,29,31). The molecule has 0 saturated heterocycles. The van der Waals surface area contributed by atoms with E-state index in [9.17, 15) is 22.4 Å². The number of rotatable bonds is 7. The van der Waals surface area contributed by atoms with E-state index < -0.39 is 29.6 Å². The van der Waals surface area contributed by atoms with Crippen LogP contribution in [0, 0.1) is 0 Å². The van der Waals surface area contributed by atoms with Crippen LogP contribution < -0.4 is 20.1 Å². The van der Waals surface area contributed by atoms with Crippen LogP contribution in [0.3, 0.4) is 0 Å². The van der Waals surface area contributed by atoms with E-state index in [0.29, 0.717) is 23.1 Å². The Morgan fingerprint density at radius 1 is 1.06 bits per heavy atom. The third-order valence-electron chi connectivity index (χ3n) is 4.63. The van der Waals surface area contributed by atoms with E-state index in [2.05, 4.69) is 35.1 Å². The number of halogens is 4. The Morgan fingerprint density at radius 2 is 1.76 bits per heavy atom. The summed E-state index contributed by atoms with van der Waals surface area (Å²) in [5.74, 6) is -1.72. The lowest BCUT2D eigenvalue weighted by molar-refractivity contribution is -0.391. The van der Waals surface area contributed by atoms with Gasteiger partial charge in [-0.3, -0.25) is 9.78 Å². The van der Waals surface area contributed by atoms with E-state index in [0.717, 1.165) is 17.7 Å². The molecule has 0 bridgehead atoms. The van der Waals surface area contributed by atoms with Crippen LogP contribution in [0.4, 0.5) is 28.9 Å². The second kappa shape index (κ2) is 9.33. The molecule has 3 heterocycles. The smallest absolute Gasteiger partial charge is 0.421 e. The van der Waals surface area contributed by atoms with Crippen molar-refractivity contribution in [2.75, 3.05) is 16.9 Å². The van der Waals surface area contributed by atoms with Crippen molar-refractivity contribution in [3.05, 3.63) is 60.2 Å². The van der Waals surface area contributed by atoms with Gasteiger partial charge in [-0.15, -0.1) is 0 Å². The van der Waals surface area contributed by atoms with Crippen molar-refractivity contribution >= 4 is 29.0 Å². The van der Waals surface area contributed by atoms with Gasteiger partial charge in [0.05, 0.1) is 24.0 Å². The predicted octanol–water partition coefficient (Wildman–Crippen LogP) is 4.34. The van der Waals surface area contributed by atoms with Gasteiger partial charge in [0.15, 0.2) is 16.7 Å². The molecular formula is C21H17F4N5O3S. The highest BCUT2D eigenvalue weighted by Crippen LogP contribution is 2.47. The third-order valence-corrected chi connectivity index (χ3v) is 5.19. The highest BCUT2D eigenvalue weighted by atomic mass is 32.2. The predicted molar refractivity (Wildman–Crippen MR) is 115 cm³/mol. The second-order valence-corrected chi connectivity index (χ2v) is 7.82. The first-order valence-electron chi connectivity index (χ1n) is 9.77. The van der Waals surface area contributed by atoms with Crippen LogP contribution in [0.2, 0.25) is 0 Å². The number of aromatic nitrogens is 3. The van der Waals surface area contributed by atoms with Crippen molar-refractivity contribution in [1.82, 2.24) is 15.0 Å². The Bertz CT molecular complexity index is 1200. The quantitative estimate of drug-likeness (QED) is 0.284. The van der Waals surface area contributed by atoms with Gasteiger partial charge < -0.3 is 20.1 Å². The number of benzene rings is 1. The average molecular weight is 495 g/mol. The average Bonchev–Trinajstić information content (AvgIpc) is 2.79. The zero-order chi connectivity index (χ0) is 24.3. The molecular weight excluding hydrogens is 478 g/mol. The number of carbonyl (C=O) groups is 1. The molecule has 0 saturated carbocycles. The van der Waals surface area contributed by atoms with Gasteiger partial charge in [-0.2, -0.15) is 17.6 Å². The molecule has 2 aromatic heterocycles. The third kappa shape index (κ3) is 5.14. The van der Waals surface area contributed by atoms with Gasteiger partial charge in [0.25, 0.3) is 0 Å². The fourth-order valence-electron chi connectivity index (χ4n) is 2.98. The van der Waals surface area contributed by atoms with Gasteiger partial charge in [-0.25, -0.2) is 9.97 Å². The maximum Gasteiger partial charge on any atom is 0.507 e. The van der Waals surface area contributed by atoms with Gasteiger partial charge in [-0.1, -0.05) is 11.8 Å². The molecule has 2 N–H and O–H groups in total. The van der Waals surface area contributed by atoms with Gasteiger partial charge in [-0.05, 0) is 36.1 Å². The summed E-state index contributed by atoms with van der Waals surface area (Å²) in [6, 6.07) is 6.88. The molecule has 178 valence electrons. The zero-order valence-corrected chi connectivity index (χ0v) is 18.3. The van der Waals surface area contributed by atoms with Crippen LogP contribution in [0.25, 0.3) is 0 Å². The van der Waals surface area contributed by atoms with Crippen LogP contribution in [0.15, 0.2) is 54.1 Å². The maximum atomic E-state index is 13.4. The Labute approximate surface area is 195 Å². The topological polar surface area (TPSA) is 98.3 Å². The molecule has 1 aliphatic heterocycles. The van der Waals surface area contributed by atoms with Crippen LogP contribution in [-0.2, 0) is 17.8 Å². The summed E-state index contributed by atoms with van der Waals surface area (Å²) in [7, 11) is 0. The SMILES string of the molecule is CSc1ncc(NCc2ccncc2)c(CC(=O)Nc2ccc3c(c2)OC(F)(F)C(F)(F)O3)n1. The summed E-state index contributed by atoms with van der Waals surface area (Å²) >= 11 is 1.30. The monoisotopic (exact) mass is 495 g/mol. The number of amides is 1. The largest absolute Gasteiger partial charge is 0.507 e. The molecule has 1 amide bonds. The zero-order valence-electron chi connectivity index (χ0n) is 17.5. The molecule has 0 unspecified atom stereocenters. The lowest BCUT2D eigenvalue weighted by Gasteiger charge is -2.31. The maximum absolute atomic E-state index is 13.4. The first kappa shape index (κ1) is 23.5. The highest BCUT2D eigenvalue weighted by Gasteiger charge is 2.65. The first-order valence-corrected chi connectivity index (χ1v) is 11.0. The minimum absolute atomic E-state index is 0.0545. The normalized spacial score (nSPS) is 15.4. The molecule has 13 heteroatoms. The number of hydrogen-bond acceptors (Lipinski definition) is 8. The van der Waals surface area contributed by atoms with Crippen LogP contribution in [0.5, 0.6) is 11.5 Å². The molecule has 0 radical (unpaired) electrons. The number of ether oxygens (including phenoxy) is 2. The molecule has 4 rings (SSSR count).